The van der Waals surface area contributed by atoms with Crippen LogP contribution in [0.25, 0.3) is 21.5 Å². The van der Waals surface area contributed by atoms with E-state index in [0.29, 0.717) is 10.6 Å². The van der Waals surface area contributed by atoms with Crippen molar-refractivity contribution in [2.45, 2.75) is 23.1 Å². The van der Waals surface area contributed by atoms with Crippen LogP contribution in [0.4, 0.5) is 0 Å². The Morgan fingerprint density at radius 3 is 0.722 bits per heavy atom. The summed E-state index contributed by atoms with van der Waals surface area (Å²) in [6.45, 7) is 0. The number of rotatable bonds is 10. The van der Waals surface area contributed by atoms with Crippen molar-refractivity contribution in [1.82, 2.24) is 18.7 Å². The van der Waals surface area contributed by atoms with Crippen molar-refractivity contribution in [3.63, 3.8) is 0 Å². The van der Waals surface area contributed by atoms with Crippen molar-refractivity contribution >= 4 is 71.9 Å². The molecule has 4 atom stereocenters. The van der Waals surface area contributed by atoms with Crippen LogP contribution in [-0.2, 0) is 0 Å². The quantitative estimate of drug-likeness (QED) is 0.0991. The average Bonchev–Trinajstić information content (AvgIpc) is 3.94. The number of carboxylic acid groups (broad SMARTS) is 4. The van der Waals surface area contributed by atoms with Crippen molar-refractivity contribution in [2.75, 3.05) is 0 Å². The van der Waals surface area contributed by atoms with Gasteiger partial charge in [0.1, 0.15) is 23.1 Å². The van der Waals surface area contributed by atoms with Crippen LogP contribution in [0.5, 0.6) is 0 Å². The molecule has 7 aromatic carbocycles. The summed E-state index contributed by atoms with van der Waals surface area (Å²) >= 11 is 0. The molecule has 0 aliphatic carbocycles. The lowest BCUT2D eigenvalue weighted by Crippen LogP contribution is -2.37. The van der Waals surface area contributed by atoms with Gasteiger partial charge in [-0.3, -0.25) is 19.2 Å². The Kier molecular flexibility index (Phi) is 11.1. The first-order valence-corrected chi connectivity index (χ1v) is 25.2. The predicted molar refractivity (Wildman–Crippen MR) is 271 cm³/mol. The zero-order valence-electron chi connectivity index (χ0n) is 37.2. The molecule has 2 aromatic heterocycles. The van der Waals surface area contributed by atoms with Crippen molar-refractivity contribution in [1.29, 1.82) is 0 Å². The van der Waals surface area contributed by atoms with Crippen molar-refractivity contribution in [2.24, 2.45) is 0 Å². The third-order valence-corrected chi connectivity index (χ3v) is 19.5. The minimum Gasteiger partial charge on any atom is -0.478 e. The normalized spacial score (nSPS) is 17.4. The highest BCUT2D eigenvalue weighted by Gasteiger charge is 2.52. The Bertz CT molecular complexity index is 3590. The summed E-state index contributed by atoms with van der Waals surface area (Å²) in [4.78, 5) is 115. The second-order valence-corrected chi connectivity index (χ2v) is 21.6. The summed E-state index contributed by atoms with van der Waals surface area (Å²) in [5.74, 6) is -10.8. The second-order valence-electron chi connectivity index (χ2n) is 17.1. The summed E-state index contributed by atoms with van der Waals surface area (Å²) in [5.41, 5.74) is -3.17. The molecule has 2 aliphatic rings. The van der Waals surface area contributed by atoms with E-state index in [1.54, 1.807) is 72.8 Å². The molecule has 72 heavy (non-hydrogen) atoms. The SMILES string of the molecule is O=C(O)c1ccccc1[C@@H]1n2c(=O)c3ccccc3c(=O)n2[C@@H](c2ccccc2C(=O)O)P1c1ccccc1P1[C@H](c2ccccc2C(=O)O)n2c(=O)c3ccccc3c(=O)n2[C@H]1c1ccccc1C(=O)O. The molecule has 0 amide bonds. The number of benzene rings is 7. The van der Waals surface area contributed by atoms with Gasteiger partial charge in [0.2, 0.25) is 0 Å². The van der Waals surface area contributed by atoms with Gasteiger partial charge in [-0.2, -0.15) is 0 Å². The molecule has 18 heteroatoms. The van der Waals surface area contributed by atoms with Crippen LogP contribution in [-0.4, -0.2) is 63.0 Å². The lowest BCUT2D eigenvalue weighted by atomic mass is 10.1. The fourth-order valence-electron chi connectivity index (χ4n) is 10.5. The van der Waals surface area contributed by atoms with E-state index in [4.69, 9.17) is 0 Å². The molecule has 4 N–H and O–H groups in total. The topological polar surface area (TPSA) is 237 Å². The zero-order chi connectivity index (χ0) is 50.3. The first-order chi connectivity index (χ1) is 34.8. The Balaban J connectivity index is 1.33. The Hall–Kier alpha value is -8.84. The van der Waals surface area contributed by atoms with Gasteiger partial charge in [0.15, 0.2) is 0 Å². The monoisotopic (exact) mass is 994 g/mol. The first kappa shape index (κ1) is 45.6. The predicted octanol–water partition coefficient (Wildman–Crippen LogP) is 7.26. The highest BCUT2D eigenvalue weighted by atomic mass is 31.1. The van der Waals surface area contributed by atoms with Crippen LogP contribution >= 0.6 is 15.8 Å². The highest BCUT2D eigenvalue weighted by Crippen LogP contribution is 2.70. The number of carboxylic acids is 4. The lowest BCUT2D eigenvalue weighted by molar-refractivity contribution is 0.0684. The van der Waals surface area contributed by atoms with Gasteiger partial charge in [-0.1, -0.05) is 121 Å². The molecule has 0 saturated carbocycles. The number of nitrogens with zero attached hydrogens (tertiary/aromatic N) is 4. The largest absolute Gasteiger partial charge is 0.478 e. The second kappa shape index (κ2) is 17.5. The maximum Gasteiger partial charge on any atom is 0.336 e. The molecule has 4 heterocycles. The van der Waals surface area contributed by atoms with E-state index in [2.05, 4.69) is 0 Å². The number of hydrogen-bond acceptors (Lipinski definition) is 8. The summed E-state index contributed by atoms with van der Waals surface area (Å²) in [6, 6.07) is 43.1. The third kappa shape index (κ3) is 6.82. The molecule has 0 spiro atoms. The van der Waals surface area contributed by atoms with Crippen LogP contribution in [0.1, 0.15) is 86.8 Å². The van der Waals surface area contributed by atoms with Gasteiger partial charge < -0.3 is 20.4 Å². The van der Waals surface area contributed by atoms with Gasteiger partial charge in [0, 0.05) is 0 Å². The van der Waals surface area contributed by atoms with Gasteiger partial charge in [0.25, 0.3) is 22.2 Å². The van der Waals surface area contributed by atoms with E-state index in [1.165, 1.54) is 116 Å². The van der Waals surface area contributed by atoms with Crippen LogP contribution < -0.4 is 32.8 Å². The van der Waals surface area contributed by atoms with Gasteiger partial charge in [-0.25, -0.2) is 37.9 Å². The summed E-state index contributed by atoms with van der Waals surface area (Å²) in [6.07, 6.45) is 0. The van der Waals surface area contributed by atoms with Gasteiger partial charge >= 0.3 is 23.9 Å². The molecule has 0 bridgehead atoms. The number of aromatic nitrogens is 4. The molecule has 2 aliphatic heterocycles. The zero-order valence-corrected chi connectivity index (χ0v) is 39.0. The van der Waals surface area contributed by atoms with Crippen LogP contribution in [0.2, 0.25) is 0 Å². The van der Waals surface area contributed by atoms with Crippen molar-refractivity contribution in [3.05, 3.63) is 256 Å². The third-order valence-electron chi connectivity index (χ3n) is 13.4. The Morgan fingerprint density at radius 1 is 0.306 bits per heavy atom. The molecule has 16 nitrogen and oxygen atoms in total. The number of fused-ring (bicyclic) bond motifs is 4. The minimum atomic E-state index is -2.39. The fourth-order valence-corrected chi connectivity index (χ4v) is 17.9. The molecular formula is C54H36N4O12P2. The molecular weight excluding hydrogens is 959 g/mol. The first-order valence-electron chi connectivity index (χ1n) is 22.3. The van der Waals surface area contributed by atoms with Crippen LogP contribution in [0.3, 0.4) is 0 Å². The lowest BCUT2D eigenvalue weighted by Gasteiger charge is -2.33. The van der Waals surface area contributed by atoms with E-state index in [9.17, 15) is 39.6 Å². The standard InChI is InChI=1S/C54H36N4O12P2/c59-43-29-15-1-2-16-30(29)44(60)56-48(34-20-6-10-24-38(34)52(65)66)71(47(55(43)56)33-19-5-9-23-37(33)51(63)64)41-27-13-14-28-42(41)72-49(35-21-7-11-25-39(35)53(67)68)57-45(61)31-17-3-4-18-32(31)46(62)58(57)50(72)36-22-8-12-26-40(36)54(69)70/h1-28,47-50H,(H,63,64)(H,65,66)(H,67,68)(H,69,70)/t47-,48-,49-,50-/m1/s1. The van der Waals surface area contributed by atoms with Gasteiger partial charge in [0.05, 0.1) is 43.8 Å². The molecule has 9 aromatic rings. The number of carbonyl (C=O) groups is 4. The van der Waals surface area contributed by atoms with Crippen molar-refractivity contribution in [3.8, 4) is 0 Å². The van der Waals surface area contributed by atoms with Crippen LogP contribution in [0, 0.1) is 0 Å². The van der Waals surface area contributed by atoms with Gasteiger partial charge in [-0.05, 0) is 97.2 Å². The van der Waals surface area contributed by atoms with E-state index in [1.807, 2.05) is 0 Å². The van der Waals surface area contributed by atoms with Crippen molar-refractivity contribution < 1.29 is 39.6 Å². The summed E-state index contributed by atoms with van der Waals surface area (Å²) < 4.78 is 4.85. The molecule has 0 unspecified atom stereocenters. The number of aromatic carboxylic acids is 4. The Labute approximate surface area is 407 Å². The van der Waals surface area contributed by atoms with E-state index in [0.717, 1.165) is 0 Å². The van der Waals surface area contributed by atoms with E-state index >= 15 is 19.2 Å². The fraction of sp³-hybridized carbons (Fsp3) is 0.0741. The number of hydrogen-bond donors (Lipinski definition) is 4. The highest BCUT2D eigenvalue weighted by molar-refractivity contribution is 7.72. The maximum absolute atomic E-state index is 15.3. The summed E-state index contributed by atoms with van der Waals surface area (Å²) in [5, 5.41) is 44.3. The minimum absolute atomic E-state index is 0.0177. The van der Waals surface area contributed by atoms with Crippen LogP contribution in [0.15, 0.2) is 189 Å². The maximum atomic E-state index is 15.3. The molecule has 0 saturated heterocycles. The van der Waals surface area contributed by atoms with Gasteiger partial charge in [-0.15, -0.1) is 0 Å². The van der Waals surface area contributed by atoms with E-state index in [-0.39, 0.29) is 66.1 Å². The molecule has 0 radical (unpaired) electrons. The summed E-state index contributed by atoms with van der Waals surface area (Å²) in [7, 11) is -4.78. The van der Waals surface area contributed by atoms with E-state index < -0.39 is 85.1 Å². The molecule has 11 rings (SSSR count). The molecule has 354 valence electrons. The molecule has 0 fully saturated rings. The average molecular weight is 995 g/mol. The smallest absolute Gasteiger partial charge is 0.336 e. The Morgan fingerprint density at radius 2 is 0.500 bits per heavy atom.